The van der Waals surface area contributed by atoms with Crippen LogP contribution in [0.2, 0.25) is 0 Å². The van der Waals surface area contributed by atoms with Crippen molar-refractivity contribution in [2.75, 3.05) is 7.11 Å². The van der Waals surface area contributed by atoms with Gasteiger partial charge in [-0.25, -0.2) is 0 Å². The second-order valence-electron chi connectivity index (χ2n) is 4.81. The van der Waals surface area contributed by atoms with E-state index in [4.69, 9.17) is 9.47 Å². The molecule has 3 nitrogen and oxygen atoms in total. The van der Waals surface area contributed by atoms with Gasteiger partial charge in [-0.05, 0) is 18.6 Å². The number of nitrogens with one attached hydrogen (secondary N) is 1. The number of H-pyrrole nitrogens is 1. The fraction of sp³-hybridized carbons (Fsp3) is 0.176. The minimum atomic E-state index is 0.549. The lowest BCUT2D eigenvalue weighted by Crippen LogP contribution is -1.96. The third-order valence-corrected chi connectivity index (χ3v) is 3.28. The third kappa shape index (κ3) is 2.48. The zero-order valence-corrected chi connectivity index (χ0v) is 11.6. The SMILES string of the molecule is COc1cc(OCc2ccccc2)c2cc(C)[nH]c2c1. The number of aryl methyl sites for hydroxylation is 1. The largest absolute Gasteiger partial charge is 0.497 e. The predicted octanol–water partition coefficient (Wildman–Crippen LogP) is 4.06. The number of fused-ring (bicyclic) bond motifs is 1. The van der Waals surface area contributed by atoms with Gasteiger partial charge in [-0.2, -0.15) is 0 Å². The van der Waals surface area contributed by atoms with Crippen LogP contribution in [0.25, 0.3) is 10.9 Å². The monoisotopic (exact) mass is 267 g/mol. The summed E-state index contributed by atoms with van der Waals surface area (Å²) in [5.74, 6) is 1.63. The van der Waals surface area contributed by atoms with Crippen LogP contribution in [-0.4, -0.2) is 12.1 Å². The van der Waals surface area contributed by atoms with E-state index in [2.05, 4.69) is 23.2 Å². The first-order valence-electron chi connectivity index (χ1n) is 6.60. The molecule has 0 bridgehead atoms. The molecule has 1 N–H and O–H groups in total. The number of aromatic amines is 1. The van der Waals surface area contributed by atoms with Crippen LogP contribution in [0.1, 0.15) is 11.3 Å². The Balaban J connectivity index is 1.93. The summed E-state index contributed by atoms with van der Waals surface area (Å²) in [5, 5.41) is 1.08. The van der Waals surface area contributed by atoms with Gasteiger partial charge in [0.2, 0.25) is 0 Å². The van der Waals surface area contributed by atoms with Crippen molar-refractivity contribution in [2.24, 2.45) is 0 Å². The molecule has 0 fully saturated rings. The average Bonchev–Trinajstić information content (AvgIpc) is 2.86. The van der Waals surface area contributed by atoms with Crippen molar-refractivity contribution < 1.29 is 9.47 Å². The number of rotatable bonds is 4. The molecule has 1 aromatic heterocycles. The summed E-state index contributed by atoms with van der Waals surface area (Å²) in [5.41, 5.74) is 3.29. The highest BCUT2D eigenvalue weighted by Crippen LogP contribution is 2.32. The van der Waals surface area contributed by atoms with Gasteiger partial charge in [0, 0.05) is 23.2 Å². The molecule has 0 saturated carbocycles. The Kier molecular flexibility index (Phi) is 3.33. The minimum Gasteiger partial charge on any atom is -0.497 e. The summed E-state index contributed by atoms with van der Waals surface area (Å²) >= 11 is 0. The normalized spacial score (nSPS) is 10.7. The molecular weight excluding hydrogens is 250 g/mol. The maximum Gasteiger partial charge on any atom is 0.132 e. The van der Waals surface area contributed by atoms with E-state index in [1.165, 1.54) is 0 Å². The van der Waals surface area contributed by atoms with Gasteiger partial charge in [0.1, 0.15) is 18.1 Å². The highest BCUT2D eigenvalue weighted by atomic mass is 16.5. The Labute approximate surface area is 118 Å². The number of ether oxygens (including phenoxy) is 2. The lowest BCUT2D eigenvalue weighted by molar-refractivity contribution is 0.307. The molecule has 0 saturated heterocycles. The maximum absolute atomic E-state index is 5.96. The van der Waals surface area contributed by atoms with Gasteiger partial charge in [-0.1, -0.05) is 30.3 Å². The van der Waals surface area contributed by atoms with Crippen molar-refractivity contribution in [3.8, 4) is 11.5 Å². The highest BCUT2D eigenvalue weighted by molar-refractivity contribution is 5.88. The second kappa shape index (κ2) is 5.29. The van der Waals surface area contributed by atoms with Crippen molar-refractivity contribution in [3.05, 3.63) is 59.8 Å². The Morgan fingerprint density at radius 3 is 2.60 bits per heavy atom. The van der Waals surface area contributed by atoms with Crippen LogP contribution >= 0.6 is 0 Å². The molecule has 0 aliphatic carbocycles. The van der Waals surface area contributed by atoms with E-state index in [1.807, 2.05) is 37.3 Å². The summed E-state index contributed by atoms with van der Waals surface area (Å²) < 4.78 is 11.3. The zero-order valence-electron chi connectivity index (χ0n) is 11.6. The van der Waals surface area contributed by atoms with Crippen LogP contribution in [0.4, 0.5) is 0 Å². The number of benzene rings is 2. The fourth-order valence-corrected chi connectivity index (χ4v) is 2.29. The average molecular weight is 267 g/mol. The Hall–Kier alpha value is -2.42. The summed E-state index contributed by atoms with van der Waals surface area (Å²) in [6.07, 6.45) is 0. The Morgan fingerprint density at radius 2 is 1.85 bits per heavy atom. The van der Waals surface area contributed by atoms with Gasteiger partial charge in [-0.15, -0.1) is 0 Å². The van der Waals surface area contributed by atoms with Crippen molar-refractivity contribution in [2.45, 2.75) is 13.5 Å². The van der Waals surface area contributed by atoms with Crippen molar-refractivity contribution in [1.29, 1.82) is 0 Å². The van der Waals surface area contributed by atoms with E-state index in [9.17, 15) is 0 Å². The standard InChI is InChI=1S/C17H17NO2/c1-12-8-15-16(18-12)9-14(19-2)10-17(15)20-11-13-6-4-3-5-7-13/h3-10,18H,11H2,1-2H3. The van der Waals surface area contributed by atoms with E-state index in [0.29, 0.717) is 6.61 Å². The van der Waals surface area contributed by atoms with Crippen LogP contribution < -0.4 is 9.47 Å². The van der Waals surface area contributed by atoms with E-state index >= 15 is 0 Å². The van der Waals surface area contributed by atoms with Gasteiger partial charge in [-0.3, -0.25) is 0 Å². The summed E-state index contributed by atoms with van der Waals surface area (Å²) in [6, 6.07) is 16.1. The quantitative estimate of drug-likeness (QED) is 0.773. The number of methoxy groups -OCH3 is 1. The first-order chi connectivity index (χ1) is 9.76. The molecular formula is C17H17NO2. The minimum absolute atomic E-state index is 0.549. The number of hydrogen-bond donors (Lipinski definition) is 1. The molecule has 0 unspecified atom stereocenters. The second-order valence-corrected chi connectivity index (χ2v) is 4.81. The highest BCUT2D eigenvalue weighted by Gasteiger charge is 2.08. The van der Waals surface area contributed by atoms with Crippen molar-refractivity contribution in [3.63, 3.8) is 0 Å². The zero-order chi connectivity index (χ0) is 13.9. The van der Waals surface area contributed by atoms with Gasteiger partial charge >= 0.3 is 0 Å². The summed E-state index contributed by atoms with van der Waals surface area (Å²) in [6.45, 7) is 2.58. The Morgan fingerprint density at radius 1 is 1.05 bits per heavy atom. The molecule has 0 spiro atoms. The molecule has 0 amide bonds. The van der Waals surface area contributed by atoms with E-state index in [1.54, 1.807) is 7.11 Å². The first kappa shape index (κ1) is 12.6. The molecule has 3 heteroatoms. The molecule has 3 rings (SSSR count). The molecule has 20 heavy (non-hydrogen) atoms. The van der Waals surface area contributed by atoms with Crippen LogP contribution in [0.15, 0.2) is 48.5 Å². The number of hydrogen-bond acceptors (Lipinski definition) is 2. The van der Waals surface area contributed by atoms with Gasteiger partial charge in [0.05, 0.1) is 12.6 Å². The topological polar surface area (TPSA) is 34.2 Å². The van der Waals surface area contributed by atoms with Gasteiger partial charge in [0.15, 0.2) is 0 Å². The maximum atomic E-state index is 5.96. The summed E-state index contributed by atoms with van der Waals surface area (Å²) in [7, 11) is 1.66. The van der Waals surface area contributed by atoms with Crippen LogP contribution in [0.3, 0.4) is 0 Å². The fourth-order valence-electron chi connectivity index (χ4n) is 2.29. The predicted molar refractivity (Wildman–Crippen MR) is 80.4 cm³/mol. The van der Waals surface area contributed by atoms with Gasteiger partial charge in [0.25, 0.3) is 0 Å². The Bertz CT molecular complexity index is 716. The van der Waals surface area contributed by atoms with Gasteiger partial charge < -0.3 is 14.5 Å². The molecule has 3 aromatic rings. The molecule has 2 aromatic carbocycles. The van der Waals surface area contributed by atoms with Crippen LogP contribution in [0.5, 0.6) is 11.5 Å². The van der Waals surface area contributed by atoms with Crippen molar-refractivity contribution >= 4 is 10.9 Å². The molecule has 0 atom stereocenters. The van der Waals surface area contributed by atoms with E-state index in [-0.39, 0.29) is 0 Å². The molecule has 0 radical (unpaired) electrons. The van der Waals surface area contributed by atoms with Crippen molar-refractivity contribution in [1.82, 2.24) is 4.98 Å². The molecule has 102 valence electrons. The lowest BCUT2D eigenvalue weighted by atomic mass is 10.2. The molecule has 0 aliphatic rings. The van der Waals surface area contributed by atoms with Crippen LogP contribution in [-0.2, 0) is 6.61 Å². The molecule has 0 aliphatic heterocycles. The van der Waals surface area contributed by atoms with E-state index < -0.39 is 0 Å². The lowest BCUT2D eigenvalue weighted by Gasteiger charge is -2.09. The van der Waals surface area contributed by atoms with Crippen LogP contribution in [0, 0.1) is 6.92 Å². The summed E-state index contributed by atoms with van der Waals surface area (Å²) in [4.78, 5) is 3.31. The smallest absolute Gasteiger partial charge is 0.132 e. The molecule has 1 heterocycles. The third-order valence-electron chi connectivity index (χ3n) is 3.28. The number of aromatic nitrogens is 1. The first-order valence-corrected chi connectivity index (χ1v) is 6.60. The van der Waals surface area contributed by atoms with E-state index in [0.717, 1.165) is 33.7 Å².